The van der Waals surface area contributed by atoms with Crippen molar-refractivity contribution in [2.45, 2.75) is 6.54 Å². The summed E-state index contributed by atoms with van der Waals surface area (Å²) in [7, 11) is 4.86. The van der Waals surface area contributed by atoms with Crippen LogP contribution in [0.1, 0.15) is 5.56 Å². The van der Waals surface area contributed by atoms with Crippen molar-refractivity contribution in [3.63, 3.8) is 0 Å². The van der Waals surface area contributed by atoms with Crippen LogP contribution in [-0.4, -0.2) is 74.6 Å². The van der Waals surface area contributed by atoms with Crippen molar-refractivity contribution in [1.29, 1.82) is 0 Å². The van der Waals surface area contributed by atoms with Gasteiger partial charge in [0.25, 0.3) is 0 Å². The third-order valence-corrected chi connectivity index (χ3v) is 4.88. The Labute approximate surface area is 185 Å². The average molecular weight is 450 g/mol. The molecule has 2 aromatic rings. The standard InChI is InChI=1S/C20H25FN2O3.C2H2O4/c1-24-18-12-15(13-19(25-2)20(18)26-3)14-22-8-10-23(11-9-22)17-6-4-16(21)5-7-17;3-1(4)2(5)6/h4-7,12-13H,8-11,14H2,1-3H3;(H,3,4)(H,5,6). The van der Waals surface area contributed by atoms with Gasteiger partial charge in [-0.05, 0) is 42.0 Å². The van der Waals surface area contributed by atoms with Gasteiger partial charge in [-0.1, -0.05) is 0 Å². The van der Waals surface area contributed by atoms with Crippen LogP contribution in [-0.2, 0) is 16.1 Å². The number of hydrogen-bond donors (Lipinski definition) is 2. The van der Waals surface area contributed by atoms with Crippen LogP contribution in [0.15, 0.2) is 36.4 Å². The molecule has 32 heavy (non-hydrogen) atoms. The zero-order valence-corrected chi connectivity index (χ0v) is 18.2. The van der Waals surface area contributed by atoms with Crippen LogP contribution < -0.4 is 19.1 Å². The van der Waals surface area contributed by atoms with E-state index in [1.165, 1.54) is 12.1 Å². The second kappa shape index (κ2) is 11.8. The van der Waals surface area contributed by atoms with Crippen LogP contribution in [0.25, 0.3) is 0 Å². The molecular weight excluding hydrogens is 423 g/mol. The van der Waals surface area contributed by atoms with Gasteiger partial charge in [-0.15, -0.1) is 0 Å². The second-order valence-corrected chi connectivity index (χ2v) is 6.88. The quantitative estimate of drug-likeness (QED) is 0.641. The highest BCUT2D eigenvalue weighted by molar-refractivity contribution is 6.27. The SMILES string of the molecule is COc1cc(CN2CCN(c3ccc(F)cc3)CC2)cc(OC)c1OC.O=C(O)C(=O)O. The molecule has 3 rings (SSSR count). The summed E-state index contributed by atoms with van der Waals surface area (Å²) in [5.74, 6) is -1.89. The monoisotopic (exact) mass is 450 g/mol. The summed E-state index contributed by atoms with van der Waals surface area (Å²) >= 11 is 0. The lowest BCUT2D eigenvalue weighted by atomic mass is 10.1. The third-order valence-electron chi connectivity index (χ3n) is 4.88. The molecular formula is C22H27FN2O7. The molecule has 1 aliphatic heterocycles. The molecule has 2 aromatic carbocycles. The molecule has 0 aliphatic carbocycles. The summed E-state index contributed by atoms with van der Waals surface area (Å²) < 4.78 is 29.3. The minimum atomic E-state index is -1.82. The normalized spacial score (nSPS) is 13.6. The van der Waals surface area contributed by atoms with Crippen LogP contribution in [0.5, 0.6) is 17.2 Å². The van der Waals surface area contributed by atoms with E-state index in [0.717, 1.165) is 44.0 Å². The highest BCUT2D eigenvalue weighted by atomic mass is 19.1. The van der Waals surface area contributed by atoms with Crippen molar-refractivity contribution in [3.05, 3.63) is 47.8 Å². The van der Waals surface area contributed by atoms with Gasteiger partial charge in [0.05, 0.1) is 21.3 Å². The van der Waals surface area contributed by atoms with E-state index in [0.29, 0.717) is 17.2 Å². The Morgan fingerprint density at radius 2 is 1.38 bits per heavy atom. The summed E-state index contributed by atoms with van der Waals surface area (Å²) in [5, 5.41) is 14.8. The first kappa shape index (κ1) is 24.7. The van der Waals surface area contributed by atoms with Crippen molar-refractivity contribution in [2.24, 2.45) is 0 Å². The van der Waals surface area contributed by atoms with Gasteiger partial charge in [0.2, 0.25) is 5.75 Å². The maximum atomic E-state index is 13.1. The number of rotatable bonds is 6. The Morgan fingerprint density at radius 3 is 1.78 bits per heavy atom. The number of benzene rings is 2. The van der Waals surface area contributed by atoms with Crippen molar-refractivity contribution in [2.75, 3.05) is 52.4 Å². The molecule has 0 atom stereocenters. The van der Waals surface area contributed by atoms with Gasteiger partial charge in [-0.2, -0.15) is 0 Å². The molecule has 0 bridgehead atoms. The number of carboxylic acid groups (broad SMARTS) is 2. The predicted molar refractivity (Wildman–Crippen MR) is 115 cm³/mol. The fourth-order valence-electron chi connectivity index (χ4n) is 3.30. The van der Waals surface area contributed by atoms with E-state index < -0.39 is 11.9 Å². The smallest absolute Gasteiger partial charge is 0.414 e. The van der Waals surface area contributed by atoms with Crippen LogP contribution in [0, 0.1) is 5.82 Å². The van der Waals surface area contributed by atoms with Crippen molar-refractivity contribution >= 4 is 17.6 Å². The van der Waals surface area contributed by atoms with Crippen molar-refractivity contribution in [1.82, 2.24) is 4.90 Å². The molecule has 1 fully saturated rings. The first-order chi connectivity index (χ1) is 15.3. The molecule has 10 heteroatoms. The Kier molecular flexibility index (Phi) is 9.08. The van der Waals surface area contributed by atoms with E-state index in [4.69, 9.17) is 34.0 Å². The number of ether oxygens (including phenoxy) is 3. The molecule has 174 valence electrons. The highest BCUT2D eigenvalue weighted by Crippen LogP contribution is 2.38. The summed E-state index contributed by atoms with van der Waals surface area (Å²) in [6.45, 7) is 4.52. The molecule has 0 saturated carbocycles. The lowest BCUT2D eigenvalue weighted by molar-refractivity contribution is -0.159. The Hall–Kier alpha value is -3.53. The first-order valence-corrected chi connectivity index (χ1v) is 9.77. The molecule has 2 N–H and O–H groups in total. The average Bonchev–Trinajstić information content (AvgIpc) is 2.79. The molecule has 0 spiro atoms. The second-order valence-electron chi connectivity index (χ2n) is 6.88. The molecule has 9 nitrogen and oxygen atoms in total. The number of hydrogen-bond acceptors (Lipinski definition) is 7. The Balaban J connectivity index is 0.000000534. The Bertz CT molecular complexity index is 876. The van der Waals surface area contributed by atoms with Crippen LogP contribution in [0.2, 0.25) is 0 Å². The van der Waals surface area contributed by atoms with Gasteiger partial charge < -0.3 is 29.3 Å². The van der Waals surface area contributed by atoms with E-state index >= 15 is 0 Å². The number of anilines is 1. The number of carbonyl (C=O) groups is 2. The van der Waals surface area contributed by atoms with E-state index in [2.05, 4.69) is 9.80 Å². The summed E-state index contributed by atoms with van der Waals surface area (Å²) in [4.78, 5) is 22.9. The highest BCUT2D eigenvalue weighted by Gasteiger charge is 2.19. The number of methoxy groups -OCH3 is 3. The molecule has 1 saturated heterocycles. The lowest BCUT2D eigenvalue weighted by Crippen LogP contribution is -2.45. The fraction of sp³-hybridized carbons (Fsp3) is 0.364. The maximum Gasteiger partial charge on any atom is 0.414 e. The van der Waals surface area contributed by atoms with Crippen LogP contribution >= 0.6 is 0 Å². The molecule has 0 aromatic heterocycles. The zero-order chi connectivity index (χ0) is 23.7. The van der Waals surface area contributed by atoms with Crippen LogP contribution in [0.4, 0.5) is 10.1 Å². The van der Waals surface area contributed by atoms with Crippen LogP contribution in [0.3, 0.4) is 0 Å². The van der Waals surface area contributed by atoms with Gasteiger partial charge in [-0.25, -0.2) is 14.0 Å². The number of nitrogens with zero attached hydrogens (tertiary/aromatic N) is 2. The largest absolute Gasteiger partial charge is 0.493 e. The molecule has 0 radical (unpaired) electrons. The number of carboxylic acids is 2. The maximum absolute atomic E-state index is 13.1. The van der Waals surface area contributed by atoms with Gasteiger partial charge >= 0.3 is 11.9 Å². The lowest BCUT2D eigenvalue weighted by Gasteiger charge is -2.36. The fourth-order valence-corrected chi connectivity index (χ4v) is 3.30. The topological polar surface area (TPSA) is 109 Å². The number of halogens is 1. The zero-order valence-electron chi connectivity index (χ0n) is 18.2. The predicted octanol–water partition coefficient (Wildman–Crippen LogP) is 2.33. The summed E-state index contributed by atoms with van der Waals surface area (Å²) in [6, 6.07) is 10.7. The van der Waals surface area contributed by atoms with Crippen molar-refractivity contribution in [3.8, 4) is 17.2 Å². The van der Waals surface area contributed by atoms with E-state index in [-0.39, 0.29) is 5.82 Å². The van der Waals surface area contributed by atoms with Gasteiger partial charge in [0, 0.05) is 38.4 Å². The minimum Gasteiger partial charge on any atom is -0.493 e. The Morgan fingerprint density at radius 1 is 0.875 bits per heavy atom. The van der Waals surface area contributed by atoms with Gasteiger partial charge in [-0.3, -0.25) is 4.90 Å². The first-order valence-electron chi connectivity index (χ1n) is 9.77. The molecule has 1 heterocycles. The van der Waals surface area contributed by atoms with E-state index in [1.54, 1.807) is 21.3 Å². The molecule has 0 unspecified atom stereocenters. The third kappa shape index (κ3) is 6.74. The number of piperazine rings is 1. The minimum absolute atomic E-state index is 0.199. The van der Waals surface area contributed by atoms with Gasteiger partial charge in [0.15, 0.2) is 11.5 Å². The summed E-state index contributed by atoms with van der Waals surface area (Å²) in [5.41, 5.74) is 2.19. The molecule has 0 amide bonds. The van der Waals surface area contributed by atoms with E-state index in [9.17, 15) is 4.39 Å². The molecule has 1 aliphatic rings. The number of aliphatic carboxylic acids is 2. The van der Waals surface area contributed by atoms with Crippen molar-refractivity contribution < 1.29 is 38.4 Å². The summed E-state index contributed by atoms with van der Waals surface area (Å²) in [6.07, 6.45) is 0. The van der Waals surface area contributed by atoms with E-state index in [1.807, 2.05) is 24.3 Å². The van der Waals surface area contributed by atoms with Gasteiger partial charge in [0.1, 0.15) is 5.82 Å².